The van der Waals surface area contributed by atoms with Crippen LogP contribution in [0.4, 0.5) is 10.5 Å². The summed E-state index contributed by atoms with van der Waals surface area (Å²) in [7, 11) is 0. The average molecular weight is 351 g/mol. The van der Waals surface area contributed by atoms with Crippen LogP contribution in [0.25, 0.3) is 11.3 Å². The summed E-state index contributed by atoms with van der Waals surface area (Å²) >= 11 is 0. The van der Waals surface area contributed by atoms with Gasteiger partial charge in [-0.1, -0.05) is 12.1 Å². The van der Waals surface area contributed by atoms with Gasteiger partial charge in [-0.05, 0) is 38.5 Å². The smallest absolute Gasteiger partial charge is 0.321 e. The highest BCUT2D eigenvalue weighted by Gasteiger charge is 2.28. The third-order valence-corrected chi connectivity index (χ3v) is 4.67. The lowest BCUT2D eigenvalue weighted by molar-refractivity contribution is 0.220. The normalized spacial score (nSPS) is 16.8. The molecule has 1 saturated heterocycles. The van der Waals surface area contributed by atoms with E-state index in [2.05, 4.69) is 28.4 Å². The summed E-state index contributed by atoms with van der Waals surface area (Å²) in [6, 6.07) is 9.76. The van der Waals surface area contributed by atoms with Crippen LogP contribution in [-0.4, -0.2) is 38.8 Å². The molecule has 1 aliphatic rings. The molecule has 1 fully saturated rings. The second kappa shape index (κ2) is 6.67. The van der Waals surface area contributed by atoms with Crippen molar-refractivity contribution in [1.29, 1.82) is 0 Å². The number of nitrogens with one attached hydrogen (secondary N) is 1. The quantitative estimate of drug-likeness (QED) is 0.782. The zero-order valence-electron chi connectivity index (χ0n) is 14.8. The summed E-state index contributed by atoms with van der Waals surface area (Å²) in [4.78, 5) is 18.4. The van der Waals surface area contributed by atoms with Gasteiger partial charge in [-0.3, -0.25) is 4.68 Å². The number of urea groups is 1. The number of hydrogen-bond acceptors (Lipinski definition) is 4. The van der Waals surface area contributed by atoms with Crippen LogP contribution in [-0.2, 0) is 0 Å². The van der Waals surface area contributed by atoms with Crippen LogP contribution in [0.5, 0.6) is 0 Å². The summed E-state index contributed by atoms with van der Waals surface area (Å²) in [6.07, 6.45) is 3.96. The third kappa shape index (κ3) is 3.20. The van der Waals surface area contributed by atoms with Gasteiger partial charge in [0, 0.05) is 30.0 Å². The number of benzene rings is 1. The summed E-state index contributed by atoms with van der Waals surface area (Å²) in [5.74, 6) is 0.673. The Morgan fingerprint density at radius 3 is 2.92 bits per heavy atom. The van der Waals surface area contributed by atoms with Gasteiger partial charge in [0.25, 0.3) is 0 Å². The fourth-order valence-corrected chi connectivity index (χ4v) is 3.45. The van der Waals surface area contributed by atoms with Crippen molar-refractivity contribution in [3.05, 3.63) is 54.3 Å². The fourth-order valence-electron chi connectivity index (χ4n) is 3.45. The van der Waals surface area contributed by atoms with Crippen LogP contribution in [0.15, 0.2) is 47.3 Å². The predicted molar refractivity (Wildman–Crippen MR) is 97.9 cm³/mol. The Balaban J connectivity index is 1.43. The van der Waals surface area contributed by atoms with Gasteiger partial charge in [-0.25, -0.2) is 9.78 Å². The number of carbonyl (C=O) groups excluding carboxylic acids is 1. The number of hydrogen-bond donors (Lipinski definition) is 1. The van der Waals surface area contributed by atoms with Crippen LogP contribution in [0.2, 0.25) is 0 Å². The van der Waals surface area contributed by atoms with E-state index >= 15 is 0 Å². The van der Waals surface area contributed by atoms with Crippen molar-refractivity contribution in [3.8, 4) is 11.3 Å². The molecule has 0 unspecified atom stereocenters. The zero-order chi connectivity index (χ0) is 18.1. The average Bonchev–Trinajstić information content (AvgIpc) is 3.35. The Morgan fingerprint density at radius 2 is 2.19 bits per heavy atom. The Hall–Kier alpha value is -3.09. The van der Waals surface area contributed by atoms with Crippen molar-refractivity contribution in [1.82, 2.24) is 19.7 Å². The molecular formula is C19H21N5O2. The molecule has 2 aromatic heterocycles. The molecule has 7 nitrogen and oxygen atoms in total. The lowest BCUT2D eigenvalue weighted by Crippen LogP contribution is -2.33. The SMILES string of the molecule is Cc1cc(C)n([C@@H]2CCN(C(=O)Nc3cccc(-c4cnco4)c3)C2)n1. The molecule has 3 heterocycles. The number of amides is 2. The standard InChI is InChI=1S/C19H21N5O2/c1-13-8-14(2)24(22-13)17-6-7-23(11-17)19(25)21-16-5-3-4-15(9-16)18-10-20-12-26-18/h3-5,8-10,12,17H,6-7,11H2,1-2H3,(H,21,25)/t17-/m1/s1. The minimum atomic E-state index is -0.0937. The van der Waals surface area contributed by atoms with Crippen molar-refractivity contribution in [2.45, 2.75) is 26.3 Å². The largest absolute Gasteiger partial charge is 0.444 e. The second-order valence-electron chi connectivity index (χ2n) is 6.64. The van der Waals surface area contributed by atoms with E-state index in [-0.39, 0.29) is 12.1 Å². The summed E-state index contributed by atoms with van der Waals surface area (Å²) < 4.78 is 7.35. The highest BCUT2D eigenvalue weighted by atomic mass is 16.3. The first kappa shape index (κ1) is 16.4. The molecule has 3 aromatic rings. The summed E-state index contributed by atoms with van der Waals surface area (Å²) in [6.45, 7) is 5.43. The van der Waals surface area contributed by atoms with Crippen LogP contribution in [0.3, 0.4) is 0 Å². The number of nitrogens with zero attached hydrogens (tertiary/aromatic N) is 4. The summed E-state index contributed by atoms with van der Waals surface area (Å²) in [5.41, 5.74) is 3.75. The van der Waals surface area contributed by atoms with E-state index < -0.39 is 0 Å². The van der Waals surface area contributed by atoms with Crippen molar-refractivity contribution in [2.24, 2.45) is 0 Å². The number of rotatable bonds is 3. The predicted octanol–water partition coefficient (Wildman–Crippen LogP) is 3.63. The van der Waals surface area contributed by atoms with Crippen molar-refractivity contribution >= 4 is 11.7 Å². The van der Waals surface area contributed by atoms with Gasteiger partial charge < -0.3 is 14.6 Å². The van der Waals surface area contributed by atoms with Crippen molar-refractivity contribution in [3.63, 3.8) is 0 Å². The molecule has 0 aliphatic carbocycles. The molecular weight excluding hydrogens is 330 g/mol. The minimum absolute atomic E-state index is 0.0937. The first-order valence-corrected chi connectivity index (χ1v) is 8.68. The molecule has 0 saturated carbocycles. The number of likely N-dealkylation sites (tertiary alicyclic amines) is 1. The number of carbonyl (C=O) groups is 1. The van der Waals surface area contributed by atoms with Crippen LogP contribution < -0.4 is 5.32 Å². The van der Waals surface area contributed by atoms with Crippen LogP contribution in [0, 0.1) is 13.8 Å². The molecule has 0 radical (unpaired) electrons. The highest BCUT2D eigenvalue weighted by Crippen LogP contribution is 2.25. The molecule has 4 rings (SSSR count). The molecule has 26 heavy (non-hydrogen) atoms. The Bertz CT molecular complexity index is 916. The van der Waals surface area contributed by atoms with E-state index in [1.54, 1.807) is 6.20 Å². The molecule has 1 atom stereocenters. The number of anilines is 1. The lowest BCUT2D eigenvalue weighted by atomic mass is 10.1. The van der Waals surface area contributed by atoms with Gasteiger partial charge in [-0.15, -0.1) is 0 Å². The third-order valence-electron chi connectivity index (χ3n) is 4.67. The molecule has 1 aliphatic heterocycles. The van der Waals surface area contributed by atoms with Crippen LogP contribution in [0.1, 0.15) is 23.9 Å². The van der Waals surface area contributed by atoms with Gasteiger partial charge in [-0.2, -0.15) is 5.10 Å². The second-order valence-corrected chi connectivity index (χ2v) is 6.64. The van der Waals surface area contributed by atoms with E-state index in [9.17, 15) is 4.79 Å². The van der Waals surface area contributed by atoms with E-state index in [1.165, 1.54) is 6.39 Å². The van der Waals surface area contributed by atoms with Gasteiger partial charge in [0.1, 0.15) is 0 Å². The van der Waals surface area contributed by atoms with Gasteiger partial charge in [0.05, 0.1) is 17.9 Å². The topological polar surface area (TPSA) is 76.2 Å². The molecule has 2 amide bonds. The highest BCUT2D eigenvalue weighted by molar-refractivity contribution is 5.90. The van der Waals surface area contributed by atoms with E-state index in [1.807, 2.05) is 40.8 Å². The van der Waals surface area contributed by atoms with E-state index in [0.29, 0.717) is 12.3 Å². The first-order chi connectivity index (χ1) is 12.6. The van der Waals surface area contributed by atoms with Gasteiger partial charge in [0.2, 0.25) is 0 Å². The summed E-state index contributed by atoms with van der Waals surface area (Å²) in [5, 5.41) is 7.53. The molecule has 1 aromatic carbocycles. The maximum absolute atomic E-state index is 12.6. The first-order valence-electron chi connectivity index (χ1n) is 8.68. The Labute approximate surface area is 151 Å². The Kier molecular flexibility index (Phi) is 4.20. The molecule has 1 N–H and O–H groups in total. The number of aryl methyl sites for hydroxylation is 2. The van der Waals surface area contributed by atoms with Crippen molar-refractivity contribution < 1.29 is 9.21 Å². The zero-order valence-corrected chi connectivity index (χ0v) is 14.8. The van der Waals surface area contributed by atoms with Crippen molar-refractivity contribution in [2.75, 3.05) is 18.4 Å². The van der Waals surface area contributed by atoms with Crippen LogP contribution >= 0.6 is 0 Å². The molecule has 7 heteroatoms. The number of oxazole rings is 1. The monoisotopic (exact) mass is 351 g/mol. The van der Waals surface area contributed by atoms with E-state index in [4.69, 9.17) is 4.42 Å². The maximum Gasteiger partial charge on any atom is 0.321 e. The fraction of sp³-hybridized carbons (Fsp3) is 0.316. The Morgan fingerprint density at radius 1 is 1.31 bits per heavy atom. The molecule has 0 bridgehead atoms. The maximum atomic E-state index is 12.6. The minimum Gasteiger partial charge on any atom is -0.444 e. The molecule has 0 spiro atoms. The molecule has 134 valence electrons. The lowest BCUT2D eigenvalue weighted by Gasteiger charge is -2.18. The van der Waals surface area contributed by atoms with E-state index in [0.717, 1.165) is 35.6 Å². The number of aromatic nitrogens is 3. The van der Waals surface area contributed by atoms with Gasteiger partial charge in [0.15, 0.2) is 12.2 Å². The van der Waals surface area contributed by atoms with Gasteiger partial charge >= 0.3 is 6.03 Å².